The number of amides is 1. The molecule has 1 aliphatic rings. The summed E-state index contributed by atoms with van der Waals surface area (Å²) in [5.74, 6) is 1.02. The number of hydrogen-bond acceptors (Lipinski definition) is 3. The van der Waals surface area contributed by atoms with Crippen molar-refractivity contribution >= 4 is 46.4 Å². The normalized spacial score (nSPS) is 16.5. The second kappa shape index (κ2) is 10.6. The molecule has 0 aliphatic carbocycles. The van der Waals surface area contributed by atoms with Crippen molar-refractivity contribution in [2.24, 2.45) is 5.92 Å². The average Bonchev–Trinajstić information content (AvgIpc) is 2.79. The lowest BCUT2D eigenvalue weighted by Gasteiger charge is -2.32. The highest BCUT2D eigenvalue weighted by Gasteiger charge is 2.27. The molecule has 1 fully saturated rings. The van der Waals surface area contributed by atoms with E-state index in [0.717, 1.165) is 24.9 Å². The summed E-state index contributed by atoms with van der Waals surface area (Å²) in [5, 5.41) is 4.84. The molecule has 0 saturated carbocycles. The summed E-state index contributed by atoms with van der Waals surface area (Å²) < 4.78 is 5.97. The lowest BCUT2D eigenvalue weighted by atomic mass is 9.96. The Kier molecular flexibility index (Phi) is 7.59. The Morgan fingerprint density at radius 2 is 1.75 bits per heavy atom. The van der Waals surface area contributed by atoms with Crippen LogP contribution in [0.4, 0.5) is 5.69 Å². The summed E-state index contributed by atoms with van der Waals surface area (Å²) in [6.07, 6.45) is 1.73. The van der Waals surface area contributed by atoms with Gasteiger partial charge in [-0.2, -0.15) is 0 Å². The van der Waals surface area contributed by atoms with Crippen molar-refractivity contribution in [1.29, 1.82) is 0 Å². The summed E-state index contributed by atoms with van der Waals surface area (Å²) in [4.78, 5) is 15.3. The molecule has 4 nitrogen and oxygen atoms in total. The van der Waals surface area contributed by atoms with Crippen LogP contribution in [0, 0.1) is 5.92 Å². The number of nitrogens with one attached hydrogen (secondary N) is 1. The highest BCUT2D eigenvalue weighted by molar-refractivity contribution is 6.36. The number of benzene rings is 3. The average molecular weight is 490 g/mol. The third kappa shape index (κ3) is 5.76. The fourth-order valence-corrected chi connectivity index (χ4v) is 4.55. The lowest BCUT2D eigenvalue weighted by molar-refractivity contribution is -0.121. The van der Waals surface area contributed by atoms with Crippen LogP contribution in [0.15, 0.2) is 66.7 Å². The monoisotopic (exact) mass is 488 g/mol. The van der Waals surface area contributed by atoms with Crippen molar-refractivity contribution in [2.45, 2.75) is 19.4 Å². The highest BCUT2D eigenvalue weighted by Crippen LogP contribution is 2.33. The first-order chi connectivity index (χ1) is 15.5. The van der Waals surface area contributed by atoms with Crippen LogP contribution in [0.2, 0.25) is 15.1 Å². The zero-order valence-electron chi connectivity index (χ0n) is 17.4. The van der Waals surface area contributed by atoms with Gasteiger partial charge in [-0.3, -0.25) is 9.69 Å². The molecule has 4 rings (SSSR count). The van der Waals surface area contributed by atoms with Crippen LogP contribution < -0.4 is 10.1 Å². The van der Waals surface area contributed by atoms with Gasteiger partial charge in [0.15, 0.2) is 5.75 Å². The number of halogens is 3. The van der Waals surface area contributed by atoms with Gasteiger partial charge in [-0.05, 0) is 61.9 Å². The molecule has 32 heavy (non-hydrogen) atoms. The van der Waals surface area contributed by atoms with Crippen molar-refractivity contribution in [1.82, 2.24) is 4.90 Å². The molecular weight excluding hydrogens is 467 g/mol. The molecule has 1 amide bonds. The van der Waals surface area contributed by atoms with Gasteiger partial charge < -0.3 is 10.1 Å². The van der Waals surface area contributed by atoms with E-state index in [4.69, 9.17) is 39.5 Å². The molecule has 1 atom stereocenters. The van der Waals surface area contributed by atoms with Crippen LogP contribution in [0.25, 0.3) is 0 Å². The van der Waals surface area contributed by atoms with Gasteiger partial charge in [0.25, 0.3) is 0 Å². The number of likely N-dealkylation sites (tertiary alicyclic amines) is 1. The van der Waals surface area contributed by atoms with Crippen molar-refractivity contribution in [3.63, 3.8) is 0 Å². The number of para-hydroxylation sites is 1. The summed E-state index contributed by atoms with van der Waals surface area (Å²) in [6.45, 7) is 2.13. The number of ether oxygens (including phenoxy) is 1. The molecule has 166 valence electrons. The number of piperidine rings is 1. The Balaban J connectivity index is 1.45. The zero-order valence-corrected chi connectivity index (χ0v) is 19.6. The number of carbonyl (C=O) groups excluding carboxylic acids is 1. The zero-order chi connectivity index (χ0) is 22.5. The number of nitrogens with zero attached hydrogens (tertiary/aromatic N) is 1. The molecular formula is C25H23Cl3N2O2. The Labute approximate surface area is 203 Å². The van der Waals surface area contributed by atoms with Crippen molar-refractivity contribution < 1.29 is 9.53 Å². The van der Waals surface area contributed by atoms with Crippen LogP contribution in [-0.4, -0.2) is 23.9 Å². The molecule has 0 radical (unpaired) electrons. The highest BCUT2D eigenvalue weighted by atomic mass is 35.5. The standard InChI is InChI=1S/C25H23Cl3N2O2/c26-18-11-12-24(32-19-7-2-1-3-8-19)23(14-18)29-25(31)17-6-5-13-30(15-17)16-20-21(27)9-4-10-22(20)28/h1-4,7-12,14,17H,5-6,13,15-16H2,(H,29,31)/t17-/m1/s1. The minimum Gasteiger partial charge on any atom is -0.455 e. The summed E-state index contributed by atoms with van der Waals surface area (Å²) in [6, 6.07) is 20.1. The number of anilines is 1. The molecule has 0 aromatic heterocycles. The van der Waals surface area contributed by atoms with Crippen molar-refractivity contribution in [2.75, 3.05) is 18.4 Å². The van der Waals surface area contributed by atoms with Gasteiger partial charge in [0.2, 0.25) is 5.91 Å². The van der Waals surface area contributed by atoms with E-state index in [1.165, 1.54) is 0 Å². The third-order valence-electron chi connectivity index (χ3n) is 5.49. The van der Waals surface area contributed by atoms with E-state index in [-0.39, 0.29) is 11.8 Å². The van der Waals surface area contributed by atoms with Gasteiger partial charge >= 0.3 is 0 Å². The van der Waals surface area contributed by atoms with E-state index in [1.54, 1.807) is 18.2 Å². The largest absolute Gasteiger partial charge is 0.455 e. The predicted octanol–water partition coefficient (Wildman–Crippen LogP) is 7.29. The summed E-state index contributed by atoms with van der Waals surface area (Å²) in [7, 11) is 0. The molecule has 3 aromatic carbocycles. The quantitative estimate of drug-likeness (QED) is 0.395. The van der Waals surface area contributed by atoms with E-state index in [0.29, 0.717) is 45.3 Å². The summed E-state index contributed by atoms with van der Waals surface area (Å²) >= 11 is 18.9. The van der Waals surface area contributed by atoms with E-state index in [2.05, 4.69) is 10.2 Å². The van der Waals surface area contributed by atoms with Gasteiger partial charge in [-0.25, -0.2) is 0 Å². The van der Waals surface area contributed by atoms with Gasteiger partial charge in [-0.15, -0.1) is 0 Å². The Hall–Kier alpha value is -2.24. The fourth-order valence-electron chi connectivity index (χ4n) is 3.86. The molecule has 0 bridgehead atoms. The third-order valence-corrected chi connectivity index (χ3v) is 6.43. The topological polar surface area (TPSA) is 41.6 Å². The smallest absolute Gasteiger partial charge is 0.228 e. The number of carbonyl (C=O) groups is 1. The number of hydrogen-bond donors (Lipinski definition) is 1. The van der Waals surface area contributed by atoms with Crippen molar-refractivity contribution in [3.8, 4) is 11.5 Å². The van der Waals surface area contributed by atoms with Gasteiger partial charge in [0.05, 0.1) is 11.6 Å². The first-order valence-electron chi connectivity index (χ1n) is 10.5. The Morgan fingerprint density at radius 3 is 2.50 bits per heavy atom. The Bertz CT molecular complexity index is 1070. The fraction of sp³-hybridized carbons (Fsp3) is 0.240. The SMILES string of the molecule is O=C(Nc1cc(Cl)ccc1Oc1ccccc1)[C@@H]1CCCN(Cc2c(Cl)cccc2Cl)C1. The maximum atomic E-state index is 13.1. The molecule has 1 saturated heterocycles. The van der Waals surface area contributed by atoms with E-state index in [1.807, 2.05) is 48.5 Å². The van der Waals surface area contributed by atoms with Crippen LogP contribution in [0.5, 0.6) is 11.5 Å². The van der Waals surface area contributed by atoms with Crippen LogP contribution >= 0.6 is 34.8 Å². The molecule has 1 heterocycles. The molecule has 1 N–H and O–H groups in total. The molecule has 7 heteroatoms. The second-order valence-electron chi connectivity index (χ2n) is 7.82. The van der Waals surface area contributed by atoms with E-state index < -0.39 is 0 Å². The molecule has 0 unspecified atom stereocenters. The van der Waals surface area contributed by atoms with E-state index in [9.17, 15) is 4.79 Å². The van der Waals surface area contributed by atoms with Gasteiger partial charge in [0, 0.05) is 33.7 Å². The minimum atomic E-state index is -0.159. The molecule has 1 aliphatic heterocycles. The predicted molar refractivity (Wildman–Crippen MR) is 131 cm³/mol. The maximum absolute atomic E-state index is 13.1. The van der Waals surface area contributed by atoms with Crippen LogP contribution in [-0.2, 0) is 11.3 Å². The maximum Gasteiger partial charge on any atom is 0.228 e. The van der Waals surface area contributed by atoms with Crippen molar-refractivity contribution in [3.05, 3.63) is 87.4 Å². The minimum absolute atomic E-state index is 0.0554. The van der Waals surface area contributed by atoms with Gasteiger partial charge in [-0.1, -0.05) is 59.1 Å². The lowest BCUT2D eigenvalue weighted by Crippen LogP contribution is -2.40. The molecule has 0 spiro atoms. The van der Waals surface area contributed by atoms with Gasteiger partial charge in [0.1, 0.15) is 5.75 Å². The van der Waals surface area contributed by atoms with Crippen LogP contribution in [0.3, 0.4) is 0 Å². The Morgan fingerprint density at radius 1 is 1.00 bits per heavy atom. The molecule has 3 aromatic rings. The number of rotatable bonds is 6. The van der Waals surface area contributed by atoms with Crippen LogP contribution in [0.1, 0.15) is 18.4 Å². The van der Waals surface area contributed by atoms with E-state index >= 15 is 0 Å². The second-order valence-corrected chi connectivity index (χ2v) is 9.07. The summed E-state index contributed by atoms with van der Waals surface area (Å²) in [5.41, 5.74) is 1.45. The first-order valence-corrected chi connectivity index (χ1v) is 11.6. The first kappa shape index (κ1) is 22.9.